The molecule has 3 aromatic carbocycles. The van der Waals surface area contributed by atoms with Crippen LogP contribution in [0.2, 0.25) is 10.0 Å². The van der Waals surface area contributed by atoms with Gasteiger partial charge in [-0.15, -0.1) is 0 Å². The fourth-order valence-corrected chi connectivity index (χ4v) is 4.96. The third-order valence-corrected chi connectivity index (χ3v) is 7.00. The van der Waals surface area contributed by atoms with E-state index in [1.54, 1.807) is 24.3 Å². The summed E-state index contributed by atoms with van der Waals surface area (Å²) in [6.45, 7) is -0.527. The zero-order valence-electron chi connectivity index (χ0n) is 15.9. The third kappa shape index (κ3) is 6.07. The standard InChI is InChI=1S/C21H16BrCl2N3O3S/c22-20-9-5-4-6-15(20)13-25-26-21(28)14-27(18-11-16(23)10-17(24)12-18)31(29,30)19-7-2-1-3-8-19/h1-13H,14H2,(H,26,28)/b25-13-. The Bertz CT molecular complexity index is 1200. The van der Waals surface area contributed by atoms with Crippen LogP contribution in [0.25, 0.3) is 0 Å². The summed E-state index contributed by atoms with van der Waals surface area (Å²) < 4.78 is 28.2. The summed E-state index contributed by atoms with van der Waals surface area (Å²) in [6, 6.07) is 19.4. The summed E-state index contributed by atoms with van der Waals surface area (Å²) in [6.07, 6.45) is 1.45. The Hall–Kier alpha value is -2.39. The van der Waals surface area contributed by atoms with Crippen molar-refractivity contribution >= 4 is 67.0 Å². The maximum atomic E-state index is 13.2. The fraction of sp³-hybridized carbons (Fsp3) is 0.0476. The molecule has 0 saturated heterocycles. The average Bonchev–Trinajstić information content (AvgIpc) is 2.73. The van der Waals surface area contributed by atoms with Crippen molar-refractivity contribution in [1.29, 1.82) is 0 Å². The van der Waals surface area contributed by atoms with Crippen LogP contribution in [-0.2, 0) is 14.8 Å². The van der Waals surface area contributed by atoms with Gasteiger partial charge < -0.3 is 0 Å². The van der Waals surface area contributed by atoms with E-state index in [4.69, 9.17) is 23.2 Å². The lowest BCUT2D eigenvalue weighted by Gasteiger charge is -2.24. The highest BCUT2D eigenvalue weighted by Gasteiger charge is 2.27. The van der Waals surface area contributed by atoms with E-state index in [-0.39, 0.29) is 20.6 Å². The predicted octanol–water partition coefficient (Wildman–Crippen LogP) is 5.10. The summed E-state index contributed by atoms with van der Waals surface area (Å²) in [5.41, 5.74) is 3.26. The lowest BCUT2D eigenvalue weighted by molar-refractivity contribution is -0.119. The number of anilines is 1. The smallest absolute Gasteiger partial charge is 0.264 e. The number of amides is 1. The summed E-state index contributed by atoms with van der Waals surface area (Å²) in [5.74, 6) is -0.640. The molecular weight excluding hydrogens is 525 g/mol. The van der Waals surface area contributed by atoms with Gasteiger partial charge in [-0.2, -0.15) is 5.10 Å². The molecule has 0 heterocycles. The number of nitrogens with zero attached hydrogens (tertiary/aromatic N) is 2. The molecule has 0 unspecified atom stereocenters. The predicted molar refractivity (Wildman–Crippen MR) is 127 cm³/mol. The number of rotatable bonds is 7. The molecule has 160 valence electrons. The molecule has 0 aromatic heterocycles. The van der Waals surface area contributed by atoms with Crippen LogP contribution in [0, 0.1) is 0 Å². The first-order chi connectivity index (χ1) is 14.8. The minimum Gasteiger partial charge on any atom is -0.271 e. The first-order valence-electron chi connectivity index (χ1n) is 8.88. The summed E-state index contributed by atoms with van der Waals surface area (Å²) in [7, 11) is -4.07. The van der Waals surface area contributed by atoms with Crippen molar-refractivity contribution in [2.24, 2.45) is 5.10 Å². The zero-order valence-corrected chi connectivity index (χ0v) is 19.8. The second kappa shape index (κ2) is 10.3. The van der Waals surface area contributed by atoms with Crippen LogP contribution in [0.3, 0.4) is 0 Å². The van der Waals surface area contributed by atoms with E-state index in [9.17, 15) is 13.2 Å². The molecule has 1 N–H and O–H groups in total. The molecule has 0 bridgehead atoms. The highest BCUT2D eigenvalue weighted by atomic mass is 79.9. The molecule has 0 spiro atoms. The number of nitrogens with one attached hydrogen (secondary N) is 1. The maximum Gasteiger partial charge on any atom is 0.264 e. The van der Waals surface area contributed by atoms with Gasteiger partial charge in [-0.1, -0.05) is 75.5 Å². The van der Waals surface area contributed by atoms with Crippen molar-refractivity contribution in [2.45, 2.75) is 4.90 Å². The molecule has 31 heavy (non-hydrogen) atoms. The third-order valence-electron chi connectivity index (χ3n) is 4.05. The Labute approximate surface area is 198 Å². The van der Waals surface area contributed by atoms with E-state index < -0.39 is 22.5 Å². The molecule has 3 aromatic rings. The largest absolute Gasteiger partial charge is 0.271 e. The topological polar surface area (TPSA) is 78.8 Å². The molecule has 10 heteroatoms. The molecule has 0 fully saturated rings. The monoisotopic (exact) mass is 539 g/mol. The molecule has 6 nitrogen and oxygen atoms in total. The van der Waals surface area contributed by atoms with Gasteiger partial charge in [0.25, 0.3) is 15.9 Å². The van der Waals surface area contributed by atoms with Gasteiger partial charge >= 0.3 is 0 Å². The summed E-state index contributed by atoms with van der Waals surface area (Å²) in [5, 5.41) is 4.39. The first kappa shape index (κ1) is 23.3. The number of halogens is 3. The SMILES string of the molecule is O=C(CN(c1cc(Cl)cc(Cl)c1)S(=O)(=O)c1ccccc1)N/N=C\c1ccccc1Br. The summed E-state index contributed by atoms with van der Waals surface area (Å²) in [4.78, 5) is 12.6. The van der Waals surface area contributed by atoms with E-state index in [2.05, 4.69) is 26.5 Å². The molecule has 0 aliphatic heterocycles. The molecule has 0 atom stereocenters. The van der Waals surface area contributed by atoms with Gasteiger partial charge in [-0.05, 0) is 36.4 Å². The van der Waals surface area contributed by atoms with E-state index in [1.807, 2.05) is 18.2 Å². The van der Waals surface area contributed by atoms with Gasteiger partial charge in [0.1, 0.15) is 6.54 Å². The molecule has 3 rings (SSSR count). The average molecular weight is 541 g/mol. The number of hydrogen-bond acceptors (Lipinski definition) is 4. The highest BCUT2D eigenvalue weighted by Crippen LogP contribution is 2.29. The molecular formula is C21H16BrCl2N3O3S. The van der Waals surface area contributed by atoms with Gasteiger partial charge in [0.15, 0.2) is 0 Å². The van der Waals surface area contributed by atoms with E-state index in [1.165, 1.54) is 36.5 Å². The summed E-state index contributed by atoms with van der Waals surface area (Å²) >= 11 is 15.5. The first-order valence-corrected chi connectivity index (χ1v) is 11.9. The van der Waals surface area contributed by atoms with Crippen LogP contribution in [0.15, 0.2) is 87.3 Å². The quantitative estimate of drug-likeness (QED) is 0.334. The van der Waals surface area contributed by atoms with Crippen molar-refractivity contribution in [3.05, 3.63) is 92.9 Å². The van der Waals surface area contributed by atoms with Crippen LogP contribution < -0.4 is 9.73 Å². The minimum absolute atomic E-state index is 0.0237. The van der Waals surface area contributed by atoms with Crippen molar-refractivity contribution in [3.8, 4) is 0 Å². The van der Waals surface area contributed by atoms with Crippen molar-refractivity contribution in [1.82, 2.24) is 5.43 Å². The Morgan fingerprint density at radius 3 is 2.26 bits per heavy atom. The number of hydrogen-bond donors (Lipinski definition) is 1. The molecule has 0 aliphatic rings. The van der Waals surface area contributed by atoms with Crippen LogP contribution in [0.4, 0.5) is 5.69 Å². The fourth-order valence-electron chi connectivity index (χ4n) is 2.64. The second-order valence-corrected chi connectivity index (χ2v) is 9.86. The number of hydrazone groups is 1. The van der Waals surface area contributed by atoms with Gasteiger partial charge in [0.2, 0.25) is 0 Å². The molecule has 1 amide bonds. The van der Waals surface area contributed by atoms with Gasteiger partial charge in [-0.3, -0.25) is 9.10 Å². The van der Waals surface area contributed by atoms with Crippen LogP contribution in [-0.4, -0.2) is 27.1 Å². The second-order valence-electron chi connectivity index (χ2n) is 6.27. The number of sulfonamides is 1. The Morgan fingerprint density at radius 2 is 1.61 bits per heavy atom. The normalized spacial score (nSPS) is 11.5. The molecule has 0 radical (unpaired) electrons. The van der Waals surface area contributed by atoms with E-state index in [0.29, 0.717) is 0 Å². The van der Waals surface area contributed by atoms with Crippen LogP contribution in [0.5, 0.6) is 0 Å². The van der Waals surface area contributed by atoms with Crippen molar-refractivity contribution < 1.29 is 13.2 Å². The van der Waals surface area contributed by atoms with E-state index >= 15 is 0 Å². The number of carbonyl (C=O) groups excluding carboxylic acids is 1. The minimum atomic E-state index is -4.07. The maximum absolute atomic E-state index is 13.2. The van der Waals surface area contributed by atoms with Crippen LogP contribution in [0.1, 0.15) is 5.56 Å². The Balaban J connectivity index is 1.88. The van der Waals surface area contributed by atoms with E-state index in [0.717, 1.165) is 14.3 Å². The highest BCUT2D eigenvalue weighted by molar-refractivity contribution is 9.10. The lowest BCUT2D eigenvalue weighted by Crippen LogP contribution is -2.39. The lowest BCUT2D eigenvalue weighted by atomic mass is 10.2. The van der Waals surface area contributed by atoms with Crippen molar-refractivity contribution in [3.63, 3.8) is 0 Å². The van der Waals surface area contributed by atoms with Gasteiger partial charge in [0, 0.05) is 20.1 Å². The van der Waals surface area contributed by atoms with Gasteiger partial charge in [0.05, 0.1) is 16.8 Å². The van der Waals surface area contributed by atoms with Gasteiger partial charge in [-0.25, -0.2) is 13.8 Å². The Morgan fingerprint density at radius 1 is 1.00 bits per heavy atom. The van der Waals surface area contributed by atoms with Crippen LogP contribution >= 0.6 is 39.1 Å². The van der Waals surface area contributed by atoms with Crippen molar-refractivity contribution in [2.75, 3.05) is 10.8 Å². The molecule has 0 saturated carbocycles. The Kier molecular flexibility index (Phi) is 7.72. The number of carbonyl (C=O) groups is 1. The zero-order chi connectivity index (χ0) is 22.4. The number of benzene rings is 3. The molecule has 0 aliphatic carbocycles.